The Labute approximate surface area is 184 Å². The number of nitrogens with zero attached hydrogens (tertiary/aromatic N) is 5. The topological polar surface area (TPSA) is 77.7 Å². The Kier molecular flexibility index (Phi) is 4.82. The number of benzene rings is 2. The van der Waals surface area contributed by atoms with Crippen LogP contribution in [0.4, 0.5) is 11.6 Å². The molecule has 0 saturated carbocycles. The molecule has 0 amide bonds. The summed E-state index contributed by atoms with van der Waals surface area (Å²) < 4.78 is 1.89. The van der Waals surface area contributed by atoms with E-state index in [1.807, 2.05) is 42.0 Å². The van der Waals surface area contributed by atoms with Crippen molar-refractivity contribution in [1.82, 2.24) is 14.5 Å². The predicted molar refractivity (Wildman–Crippen MR) is 123 cm³/mol. The molecule has 0 radical (unpaired) electrons. The van der Waals surface area contributed by atoms with Gasteiger partial charge in [-0.15, -0.1) is 0 Å². The normalized spacial score (nSPS) is 14.4. The summed E-state index contributed by atoms with van der Waals surface area (Å²) >= 11 is 6.35. The van der Waals surface area contributed by atoms with E-state index in [-0.39, 0.29) is 11.5 Å². The number of piperazine rings is 1. The molecule has 2 aromatic carbocycles. The molecule has 31 heavy (non-hydrogen) atoms. The van der Waals surface area contributed by atoms with Crippen molar-refractivity contribution in [3.63, 3.8) is 0 Å². The molecule has 0 aliphatic carbocycles. The summed E-state index contributed by atoms with van der Waals surface area (Å²) in [6, 6.07) is 14.4. The monoisotopic (exact) mass is 435 g/mol. The minimum atomic E-state index is 0.0392. The predicted octanol–water partition coefficient (Wildman–Crippen LogP) is 4.12. The SMILES string of the molecule is Cc1nc(N2CCN(c3ccc(O)cc3)CC2)nc2c1ccn2-c1cccc(O)c1Cl. The molecular weight excluding hydrogens is 414 g/mol. The maximum atomic E-state index is 10.0. The lowest BCUT2D eigenvalue weighted by molar-refractivity contribution is 0.474. The number of phenolic OH excluding ortho intramolecular Hbond substituents is 2. The highest BCUT2D eigenvalue weighted by molar-refractivity contribution is 6.33. The lowest BCUT2D eigenvalue weighted by Crippen LogP contribution is -2.47. The van der Waals surface area contributed by atoms with Gasteiger partial charge >= 0.3 is 0 Å². The van der Waals surface area contributed by atoms with Gasteiger partial charge in [-0.3, -0.25) is 4.57 Å². The zero-order valence-electron chi connectivity index (χ0n) is 17.0. The number of fused-ring (bicyclic) bond motifs is 1. The van der Waals surface area contributed by atoms with Gasteiger partial charge in [0.05, 0.1) is 11.4 Å². The molecule has 0 bridgehead atoms. The first kappa shape index (κ1) is 19.5. The Balaban J connectivity index is 1.45. The maximum Gasteiger partial charge on any atom is 0.227 e. The van der Waals surface area contributed by atoms with Crippen LogP contribution in [0.25, 0.3) is 16.7 Å². The smallest absolute Gasteiger partial charge is 0.227 e. The third-order valence-corrected chi connectivity index (χ3v) is 6.10. The standard InChI is InChI=1S/C23H22ClN5O2/c1-15-18-9-10-29(19-3-2-4-20(31)21(19)24)22(18)26-23(25-15)28-13-11-27(12-14-28)16-5-7-17(30)8-6-16/h2-10,30-31H,11-14H2,1H3. The van der Waals surface area contributed by atoms with Crippen LogP contribution in [0.3, 0.4) is 0 Å². The van der Waals surface area contributed by atoms with Crippen LogP contribution in [-0.2, 0) is 0 Å². The van der Waals surface area contributed by atoms with Crippen molar-refractivity contribution in [2.24, 2.45) is 0 Å². The van der Waals surface area contributed by atoms with Gasteiger partial charge in [-0.05, 0) is 49.4 Å². The largest absolute Gasteiger partial charge is 0.508 e. The van der Waals surface area contributed by atoms with Gasteiger partial charge in [0.25, 0.3) is 0 Å². The van der Waals surface area contributed by atoms with Crippen molar-refractivity contribution in [2.45, 2.75) is 6.92 Å². The Morgan fingerprint density at radius 2 is 1.58 bits per heavy atom. The lowest BCUT2D eigenvalue weighted by atomic mass is 10.2. The zero-order chi connectivity index (χ0) is 21.5. The summed E-state index contributed by atoms with van der Waals surface area (Å²) in [6.07, 6.45) is 1.90. The highest BCUT2D eigenvalue weighted by atomic mass is 35.5. The zero-order valence-corrected chi connectivity index (χ0v) is 17.8. The minimum Gasteiger partial charge on any atom is -0.508 e. The van der Waals surface area contributed by atoms with E-state index in [0.717, 1.165) is 48.6 Å². The van der Waals surface area contributed by atoms with E-state index >= 15 is 0 Å². The second-order valence-corrected chi connectivity index (χ2v) is 8.01. The van der Waals surface area contributed by atoms with Crippen LogP contribution in [0.2, 0.25) is 5.02 Å². The first-order valence-corrected chi connectivity index (χ1v) is 10.5. The summed E-state index contributed by atoms with van der Waals surface area (Å²) in [5, 5.41) is 20.8. The fraction of sp³-hybridized carbons (Fsp3) is 0.217. The lowest BCUT2D eigenvalue weighted by Gasteiger charge is -2.36. The van der Waals surface area contributed by atoms with Crippen LogP contribution in [0, 0.1) is 6.92 Å². The fourth-order valence-electron chi connectivity index (χ4n) is 4.01. The molecule has 0 spiro atoms. The van der Waals surface area contributed by atoms with Gasteiger partial charge in [-0.25, -0.2) is 4.98 Å². The van der Waals surface area contributed by atoms with Crippen LogP contribution < -0.4 is 9.80 Å². The van der Waals surface area contributed by atoms with Gasteiger partial charge < -0.3 is 20.0 Å². The maximum absolute atomic E-state index is 10.0. The van der Waals surface area contributed by atoms with Gasteiger partial charge in [0.2, 0.25) is 5.95 Å². The minimum absolute atomic E-state index is 0.0392. The number of aromatic hydroxyl groups is 2. The number of hydrogen-bond donors (Lipinski definition) is 2. The molecule has 0 unspecified atom stereocenters. The van der Waals surface area contributed by atoms with E-state index in [1.165, 1.54) is 0 Å². The number of aryl methyl sites for hydroxylation is 1. The molecule has 1 fully saturated rings. The molecule has 7 nitrogen and oxygen atoms in total. The van der Waals surface area contributed by atoms with E-state index in [2.05, 4.69) is 9.80 Å². The molecular formula is C23H22ClN5O2. The van der Waals surface area contributed by atoms with Crippen molar-refractivity contribution in [2.75, 3.05) is 36.0 Å². The number of halogens is 1. The Morgan fingerprint density at radius 1 is 0.871 bits per heavy atom. The molecule has 5 rings (SSSR count). The van der Waals surface area contributed by atoms with Crippen LogP contribution in [0.5, 0.6) is 11.5 Å². The van der Waals surface area contributed by atoms with Crippen molar-refractivity contribution >= 4 is 34.3 Å². The average Bonchev–Trinajstić information content (AvgIpc) is 3.21. The molecule has 2 aromatic heterocycles. The van der Waals surface area contributed by atoms with Gasteiger partial charge in [0, 0.05) is 43.4 Å². The molecule has 3 heterocycles. The highest BCUT2D eigenvalue weighted by Crippen LogP contribution is 2.32. The third kappa shape index (κ3) is 3.51. The molecule has 4 aromatic rings. The molecule has 2 N–H and O–H groups in total. The Hall–Kier alpha value is -3.45. The highest BCUT2D eigenvalue weighted by Gasteiger charge is 2.21. The van der Waals surface area contributed by atoms with E-state index in [4.69, 9.17) is 21.6 Å². The molecule has 0 atom stereocenters. The van der Waals surface area contributed by atoms with Gasteiger partial charge in [0.1, 0.15) is 22.2 Å². The summed E-state index contributed by atoms with van der Waals surface area (Å²) in [5.74, 6) is 0.998. The summed E-state index contributed by atoms with van der Waals surface area (Å²) in [6.45, 7) is 5.24. The number of anilines is 2. The van der Waals surface area contributed by atoms with Crippen molar-refractivity contribution in [3.05, 3.63) is 65.4 Å². The van der Waals surface area contributed by atoms with Crippen molar-refractivity contribution in [3.8, 4) is 17.2 Å². The number of hydrogen-bond acceptors (Lipinski definition) is 6. The van der Waals surface area contributed by atoms with Crippen molar-refractivity contribution < 1.29 is 10.2 Å². The van der Waals surface area contributed by atoms with Gasteiger partial charge in [-0.1, -0.05) is 17.7 Å². The van der Waals surface area contributed by atoms with Crippen LogP contribution in [-0.4, -0.2) is 50.9 Å². The second-order valence-electron chi connectivity index (χ2n) is 7.63. The van der Waals surface area contributed by atoms with Crippen LogP contribution in [0.1, 0.15) is 5.69 Å². The molecule has 1 aliphatic heterocycles. The van der Waals surface area contributed by atoms with E-state index in [9.17, 15) is 10.2 Å². The average molecular weight is 436 g/mol. The van der Waals surface area contributed by atoms with Gasteiger partial charge in [-0.2, -0.15) is 4.98 Å². The van der Waals surface area contributed by atoms with Crippen LogP contribution >= 0.6 is 11.6 Å². The first-order valence-electron chi connectivity index (χ1n) is 10.1. The number of phenols is 2. The number of rotatable bonds is 3. The van der Waals surface area contributed by atoms with E-state index < -0.39 is 0 Å². The van der Waals surface area contributed by atoms with E-state index in [1.54, 1.807) is 24.3 Å². The summed E-state index contributed by atoms with van der Waals surface area (Å²) in [7, 11) is 0. The summed E-state index contributed by atoms with van der Waals surface area (Å²) in [5.41, 5.74) is 3.43. The van der Waals surface area contributed by atoms with Crippen LogP contribution in [0.15, 0.2) is 54.7 Å². The number of aromatic nitrogens is 3. The molecule has 1 aliphatic rings. The molecule has 8 heteroatoms. The van der Waals surface area contributed by atoms with Gasteiger partial charge in [0.15, 0.2) is 0 Å². The Morgan fingerprint density at radius 3 is 2.32 bits per heavy atom. The van der Waals surface area contributed by atoms with Crippen molar-refractivity contribution in [1.29, 1.82) is 0 Å². The molecule has 158 valence electrons. The first-order chi connectivity index (χ1) is 15.0. The third-order valence-electron chi connectivity index (χ3n) is 5.72. The second kappa shape index (κ2) is 7.67. The molecule has 1 saturated heterocycles. The van der Waals surface area contributed by atoms with E-state index in [0.29, 0.717) is 16.7 Å². The quantitative estimate of drug-likeness (QED) is 0.504. The fourth-order valence-corrected chi connectivity index (χ4v) is 4.23. The summed E-state index contributed by atoms with van der Waals surface area (Å²) in [4.78, 5) is 14.1. The Bertz CT molecular complexity index is 1250.